The molecule has 8 heteroatoms. The van der Waals surface area contributed by atoms with Crippen molar-refractivity contribution in [3.8, 4) is 0 Å². The van der Waals surface area contributed by atoms with Crippen LogP contribution in [0.4, 0.5) is 0 Å². The summed E-state index contributed by atoms with van der Waals surface area (Å²) in [5, 5.41) is 13.1. The molecular formula is C14H22N3O4S-. The van der Waals surface area contributed by atoms with Crippen LogP contribution in [0, 0.1) is 5.41 Å². The van der Waals surface area contributed by atoms with Crippen LogP contribution in [0.25, 0.3) is 0 Å². The molecule has 0 bridgehead atoms. The maximum absolute atomic E-state index is 11.7. The molecule has 1 aromatic heterocycles. The summed E-state index contributed by atoms with van der Waals surface area (Å²) in [5.41, 5.74) is 1.58. The van der Waals surface area contributed by atoms with Gasteiger partial charge in [0.05, 0.1) is 11.6 Å². The summed E-state index contributed by atoms with van der Waals surface area (Å²) >= 11 is -2.36. The number of hydrogen-bond donors (Lipinski definition) is 2. The van der Waals surface area contributed by atoms with Gasteiger partial charge in [-0.3, -0.25) is 18.9 Å². The zero-order valence-electron chi connectivity index (χ0n) is 12.7. The van der Waals surface area contributed by atoms with E-state index in [2.05, 4.69) is 5.10 Å². The van der Waals surface area contributed by atoms with Crippen LogP contribution < -0.4 is 5.48 Å². The Balaban J connectivity index is 1.99. The second-order valence-corrected chi connectivity index (χ2v) is 7.11. The summed E-state index contributed by atoms with van der Waals surface area (Å²) in [4.78, 5) is 11.7. The Morgan fingerprint density at radius 2 is 2.27 bits per heavy atom. The maximum atomic E-state index is 11.7. The molecule has 124 valence electrons. The van der Waals surface area contributed by atoms with Crippen LogP contribution in [0.1, 0.15) is 50.5 Å². The number of hydroxylamine groups is 1. The topological polar surface area (TPSA) is 107 Å². The highest BCUT2D eigenvalue weighted by atomic mass is 32.2. The average Bonchev–Trinajstić information content (AvgIpc) is 3.14. The van der Waals surface area contributed by atoms with E-state index in [1.54, 1.807) is 10.2 Å². The number of hydrogen-bond acceptors (Lipinski definition) is 5. The van der Waals surface area contributed by atoms with E-state index in [1.165, 1.54) is 38.2 Å². The fourth-order valence-corrected chi connectivity index (χ4v) is 3.78. The summed E-state index contributed by atoms with van der Waals surface area (Å²) in [5.74, 6) is -0.467. The fourth-order valence-electron chi connectivity index (χ4n) is 2.98. The summed E-state index contributed by atoms with van der Waals surface area (Å²) in [6, 6.07) is 0. The van der Waals surface area contributed by atoms with E-state index in [1.807, 2.05) is 12.4 Å². The molecule has 1 amide bonds. The predicted octanol–water partition coefficient (Wildman–Crippen LogP) is 1.32. The molecule has 1 aliphatic rings. The highest BCUT2D eigenvalue weighted by molar-refractivity contribution is 7.79. The van der Waals surface area contributed by atoms with E-state index >= 15 is 0 Å². The predicted molar refractivity (Wildman–Crippen MR) is 79.9 cm³/mol. The molecule has 1 saturated carbocycles. The van der Waals surface area contributed by atoms with Crippen molar-refractivity contribution < 1.29 is 18.8 Å². The van der Waals surface area contributed by atoms with Crippen LogP contribution in [0.2, 0.25) is 0 Å². The molecule has 1 fully saturated rings. The minimum atomic E-state index is -2.36. The Morgan fingerprint density at radius 1 is 1.59 bits per heavy atom. The highest BCUT2D eigenvalue weighted by Gasteiger charge is 2.33. The van der Waals surface area contributed by atoms with Crippen LogP contribution in [-0.2, 0) is 22.4 Å². The Morgan fingerprint density at radius 3 is 2.86 bits per heavy atom. The summed E-state index contributed by atoms with van der Waals surface area (Å²) in [6.45, 7) is 1.95. The number of aromatic nitrogens is 2. The van der Waals surface area contributed by atoms with Gasteiger partial charge in [0, 0.05) is 18.5 Å². The quantitative estimate of drug-likeness (QED) is 0.446. The number of rotatable bonds is 7. The van der Waals surface area contributed by atoms with Gasteiger partial charge in [0.25, 0.3) is 0 Å². The zero-order valence-corrected chi connectivity index (χ0v) is 13.5. The highest BCUT2D eigenvalue weighted by Crippen LogP contribution is 2.33. The lowest BCUT2D eigenvalue weighted by atomic mass is 9.88. The first-order chi connectivity index (χ1) is 10.4. The molecule has 2 rings (SSSR count). The lowest BCUT2D eigenvalue weighted by molar-refractivity contribution is -0.138. The van der Waals surface area contributed by atoms with Crippen molar-refractivity contribution in [2.24, 2.45) is 5.41 Å². The van der Waals surface area contributed by atoms with Gasteiger partial charge in [-0.2, -0.15) is 5.10 Å². The molecule has 2 N–H and O–H groups in total. The number of amides is 1. The van der Waals surface area contributed by atoms with Gasteiger partial charge in [-0.1, -0.05) is 23.9 Å². The molecule has 0 saturated heterocycles. The summed E-state index contributed by atoms with van der Waals surface area (Å²) in [6.07, 6.45) is 8.97. The Kier molecular flexibility index (Phi) is 5.71. The summed E-state index contributed by atoms with van der Waals surface area (Å²) < 4.78 is 23.6. The summed E-state index contributed by atoms with van der Waals surface area (Å²) in [7, 11) is 0. The zero-order chi connectivity index (χ0) is 16.2. The standard InChI is InChI=1S/C14H23N3O4S/c1-14(10-22(20)21,13(18)16-19)6-7-17-9-12(8-15-17)11-4-2-3-5-11/h8-9,11,19H,2-7,10H2,1H3,(H,16,18)(H,20,21)/p-1/t14-/m0/s1. The molecule has 0 spiro atoms. The number of aryl methyl sites for hydroxylation is 1. The van der Waals surface area contributed by atoms with Crippen molar-refractivity contribution in [1.29, 1.82) is 0 Å². The third-order valence-corrected chi connectivity index (χ3v) is 5.33. The van der Waals surface area contributed by atoms with Crippen LogP contribution in [-0.4, -0.2) is 35.4 Å². The Labute approximate surface area is 132 Å². The Bertz CT molecular complexity index is 542. The number of carbonyl (C=O) groups excluding carboxylic acids is 1. The molecule has 1 heterocycles. The first kappa shape index (κ1) is 17.1. The van der Waals surface area contributed by atoms with Crippen molar-refractivity contribution in [2.45, 2.75) is 51.5 Å². The second kappa shape index (κ2) is 7.34. The molecule has 0 aliphatic heterocycles. The molecule has 2 atom stereocenters. The lowest BCUT2D eigenvalue weighted by Crippen LogP contribution is -2.42. The van der Waals surface area contributed by atoms with Crippen molar-refractivity contribution in [1.82, 2.24) is 15.3 Å². The van der Waals surface area contributed by atoms with Crippen molar-refractivity contribution in [2.75, 3.05) is 5.75 Å². The van der Waals surface area contributed by atoms with E-state index in [4.69, 9.17) is 5.21 Å². The SMILES string of the molecule is C[C@](CCn1cc(C2CCCC2)cn1)(CS(=O)[O-])C(=O)NO. The van der Waals surface area contributed by atoms with Gasteiger partial charge < -0.3 is 4.55 Å². The van der Waals surface area contributed by atoms with E-state index in [0.717, 1.165) is 0 Å². The van der Waals surface area contributed by atoms with Gasteiger partial charge >= 0.3 is 0 Å². The van der Waals surface area contributed by atoms with Crippen LogP contribution in [0.15, 0.2) is 12.4 Å². The smallest absolute Gasteiger partial charge is 0.250 e. The van der Waals surface area contributed by atoms with Gasteiger partial charge in [0.1, 0.15) is 0 Å². The van der Waals surface area contributed by atoms with E-state index in [-0.39, 0.29) is 12.2 Å². The third kappa shape index (κ3) is 4.15. The molecule has 0 aromatic carbocycles. The number of nitrogens with zero attached hydrogens (tertiary/aromatic N) is 2. The molecule has 0 radical (unpaired) electrons. The molecule has 1 aromatic rings. The van der Waals surface area contributed by atoms with Crippen LogP contribution in [0.3, 0.4) is 0 Å². The van der Waals surface area contributed by atoms with Gasteiger partial charge in [0.2, 0.25) is 5.91 Å². The van der Waals surface area contributed by atoms with Crippen LogP contribution in [0.5, 0.6) is 0 Å². The van der Waals surface area contributed by atoms with Gasteiger partial charge in [-0.05, 0) is 37.7 Å². The lowest BCUT2D eigenvalue weighted by Gasteiger charge is -2.27. The van der Waals surface area contributed by atoms with Gasteiger partial charge in [-0.15, -0.1) is 0 Å². The van der Waals surface area contributed by atoms with E-state index < -0.39 is 22.4 Å². The van der Waals surface area contributed by atoms with Crippen molar-refractivity contribution >= 4 is 17.0 Å². The van der Waals surface area contributed by atoms with E-state index in [0.29, 0.717) is 12.5 Å². The largest absolute Gasteiger partial charge is 0.772 e. The normalized spacial score (nSPS) is 19.8. The molecule has 1 unspecified atom stereocenters. The number of carbonyl (C=O) groups is 1. The first-order valence-electron chi connectivity index (χ1n) is 7.47. The molecule has 22 heavy (non-hydrogen) atoms. The molecule has 7 nitrogen and oxygen atoms in total. The monoisotopic (exact) mass is 328 g/mol. The fraction of sp³-hybridized carbons (Fsp3) is 0.714. The molecule has 1 aliphatic carbocycles. The maximum Gasteiger partial charge on any atom is 0.250 e. The first-order valence-corrected chi connectivity index (χ1v) is 8.72. The Hall–Kier alpha value is -1.25. The second-order valence-electron chi connectivity index (χ2n) is 6.22. The van der Waals surface area contributed by atoms with Crippen molar-refractivity contribution in [3.63, 3.8) is 0 Å². The molecular weight excluding hydrogens is 306 g/mol. The van der Waals surface area contributed by atoms with Crippen molar-refractivity contribution in [3.05, 3.63) is 18.0 Å². The van der Waals surface area contributed by atoms with E-state index in [9.17, 15) is 13.6 Å². The number of nitrogens with one attached hydrogen (secondary N) is 1. The third-order valence-electron chi connectivity index (χ3n) is 4.46. The van der Waals surface area contributed by atoms with Gasteiger partial charge in [-0.25, -0.2) is 5.48 Å². The van der Waals surface area contributed by atoms with Gasteiger partial charge in [0.15, 0.2) is 0 Å². The average molecular weight is 328 g/mol. The van der Waals surface area contributed by atoms with Crippen LogP contribution >= 0.6 is 0 Å². The minimum absolute atomic E-state index is 0.277. The minimum Gasteiger partial charge on any atom is -0.772 e.